The summed E-state index contributed by atoms with van der Waals surface area (Å²) in [7, 11) is -3.32. The minimum absolute atomic E-state index is 0.147. The lowest BCUT2D eigenvalue weighted by Crippen LogP contribution is -2.27. The molecule has 2 aromatic heterocycles. The van der Waals surface area contributed by atoms with Gasteiger partial charge in [0.2, 0.25) is 0 Å². The first-order valence-electron chi connectivity index (χ1n) is 9.07. The van der Waals surface area contributed by atoms with Crippen LogP contribution < -0.4 is 5.32 Å². The van der Waals surface area contributed by atoms with Crippen molar-refractivity contribution < 1.29 is 26.4 Å². The van der Waals surface area contributed by atoms with Gasteiger partial charge in [-0.05, 0) is 43.7 Å². The van der Waals surface area contributed by atoms with E-state index >= 15 is 0 Å². The van der Waals surface area contributed by atoms with Crippen molar-refractivity contribution >= 4 is 15.7 Å². The lowest BCUT2D eigenvalue weighted by molar-refractivity contribution is -0.137. The van der Waals surface area contributed by atoms with Gasteiger partial charge in [-0.25, -0.2) is 18.1 Å². The SMILES string of the molecule is Cc1c(C(=O)NC(C)c2ccc(S(C)(=O)=O)cc2)cnn1-c1ccc(C(F)(F)F)cn1. The Balaban J connectivity index is 1.77. The van der Waals surface area contributed by atoms with Crippen LogP contribution in [0, 0.1) is 6.92 Å². The van der Waals surface area contributed by atoms with Crippen molar-refractivity contribution in [3.05, 3.63) is 71.2 Å². The standard InChI is InChI=1S/C20H19F3N4O3S/c1-12(14-4-7-16(8-5-14)31(3,29)30)26-19(28)17-11-25-27(13(17)2)18-9-6-15(10-24-18)20(21,22)23/h4-12H,1-3H3,(H,26,28). The van der Waals surface area contributed by atoms with E-state index in [4.69, 9.17) is 0 Å². The second kappa shape index (κ2) is 8.14. The van der Waals surface area contributed by atoms with E-state index < -0.39 is 33.5 Å². The molecule has 7 nitrogen and oxygen atoms in total. The van der Waals surface area contributed by atoms with E-state index in [1.807, 2.05) is 0 Å². The van der Waals surface area contributed by atoms with Crippen LogP contribution in [-0.4, -0.2) is 35.3 Å². The van der Waals surface area contributed by atoms with Crippen LogP contribution in [0.3, 0.4) is 0 Å². The quantitative estimate of drug-likeness (QED) is 0.640. The van der Waals surface area contributed by atoms with Crippen LogP contribution in [0.15, 0.2) is 53.7 Å². The molecular formula is C20H19F3N4O3S. The Morgan fingerprint density at radius 3 is 2.26 bits per heavy atom. The van der Waals surface area contributed by atoms with Gasteiger partial charge in [0.1, 0.15) is 0 Å². The lowest BCUT2D eigenvalue weighted by atomic mass is 10.1. The second-order valence-corrected chi connectivity index (χ2v) is 9.01. The highest BCUT2D eigenvalue weighted by Gasteiger charge is 2.31. The Hall–Kier alpha value is -3.21. The number of aromatic nitrogens is 3. The molecule has 1 N–H and O–H groups in total. The summed E-state index contributed by atoms with van der Waals surface area (Å²) >= 11 is 0. The summed E-state index contributed by atoms with van der Waals surface area (Å²) in [5.74, 6) is -0.288. The molecule has 164 valence electrons. The molecule has 0 aliphatic rings. The largest absolute Gasteiger partial charge is 0.417 e. The van der Waals surface area contributed by atoms with Crippen LogP contribution in [0.5, 0.6) is 0 Å². The highest BCUT2D eigenvalue weighted by atomic mass is 32.2. The predicted octanol–water partition coefficient (Wildman–Crippen LogP) is 3.49. The van der Waals surface area contributed by atoms with Gasteiger partial charge in [0.25, 0.3) is 5.91 Å². The van der Waals surface area contributed by atoms with Crippen LogP contribution in [0.4, 0.5) is 13.2 Å². The van der Waals surface area contributed by atoms with Crippen molar-refractivity contribution in [2.24, 2.45) is 0 Å². The zero-order chi connectivity index (χ0) is 23.0. The van der Waals surface area contributed by atoms with Crippen molar-refractivity contribution in [2.75, 3.05) is 6.26 Å². The Morgan fingerprint density at radius 1 is 1.10 bits per heavy atom. The number of benzene rings is 1. The number of carbonyl (C=O) groups is 1. The van der Waals surface area contributed by atoms with Crippen molar-refractivity contribution in [3.8, 4) is 5.82 Å². The number of sulfone groups is 1. The Labute approximate surface area is 176 Å². The summed E-state index contributed by atoms with van der Waals surface area (Å²) < 4.78 is 62.5. The van der Waals surface area contributed by atoms with Crippen LogP contribution >= 0.6 is 0 Å². The first kappa shape index (κ1) is 22.5. The lowest BCUT2D eigenvalue weighted by Gasteiger charge is -2.15. The summed E-state index contributed by atoms with van der Waals surface area (Å²) in [4.78, 5) is 16.6. The topological polar surface area (TPSA) is 94.0 Å². The molecular weight excluding hydrogens is 433 g/mol. The summed E-state index contributed by atoms with van der Waals surface area (Å²) in [6.45, 7) is 3.34. The molecule has 0 saturated carbocycles. The van der Waals surface area contributed by atoms with E-state index in [-0.39, 0.29) is 16.3 Å². The maximum Gasteiger partial charge on any atom is 0.417 e. The van der Waals surface area contributed by atoms with E-state index in [0.717, 1.165) is 12.3 Å². The second-order valence-electron chi connectivity index (χ2n) is 6.99. The average molecular weight is 452 g/mol. The fourth-order valence-electron chi connectivity index (χ4n) is 2.90. The number of halogens is 3. The fraction of sp³-hybridized carbons (Fsp3) is 0.250. The molecule has 0 aliphatic carbocycles. The van der Waals surface area contributed by atoms with E-state index in [1.165, 1.54) is 29.1 Å². The zero-order valence-electron chi connectivity index (χ0n) is 16.8. The molecule has 0 fully saturated rings. The summed E-state index contributed by atoms with van der Waals surface area (Å²) in [6.07, 6.45) is -1.37. The number of amides is 1. The van der Waals surface area contributed by atoms with Crippen molar-refractivity contribution in [2.45, 2.75) is 31.0 Å². The normalized spacial score (nSPS) is 13.1. The maximum atomic E-state index is 12.7. The minimum Gasteiger partial charge on any atom is -0.345 e. The maximum absolute atomic E-state index is 12.7. The van der Waals surface area contributed by atoms with Crippen LogP contribution in [0.1, 0.15) is 40.1 Å². The van der Waals surface area contributed by atoms with Gasteiger partial charge >= 0.3 is 6.18 Å². The molecule has 3 rings (SSSR count). The van der Waals surface area contributed by atoms with Gasteiger partial charge in [0, 0.05) is 12.5 Å². The Bertz CT molecular complexity index is 1200. The number of hydrogen-bond donors (Lipinski definition) is 1. The number of pyridine rings is 1. The first-order chi connectivity index (χ1) is 14.4. The van der Waals surface area contributed by atoms with Crippen LogP contribution in [0.25, 0.3) is 5.82 Å². The fourth-order valence-corrected chi connectivity index (χ4v) is 3.53. The molecule has 1 amide bonds. The summed E-state index contributed by atoms with van der Waals surface area (Å²) in [6, 6.07) is 7.81. The van der Waals surface area contributed by atoms with Crippen LogP contribution in [0.2, 0.25) is 0 Å². The van der Waals surface area contributed by atoms with Gasteiger partial charge in [-0.3, -0.25) is 4.79 Å². The molecule has 3 aromatic rings. The summed E-state index contributed by atoms with van der Waals surface area (Å²) in [5.41, 5.74) is 0.468. The molecule has 1 atom stereocenters. The molecule has 0 radical (unpaired) electrons. The third-order valence-corrected chi connectivity index (χ3v) is 5.83. The summed E-state index contributed by atoms with van der Waals surface area (Å²) in [5, 5.41) is 6.86. The average Bonchev–Trinajstić information content (AvgIpc) is 3.08. The van der Waals surface area contributed by atoms with Gasteiger partial charge in [-0.2, -0.15) is 18.3 Å². The van der Waals surface area contributed by atoms with Crippen molar-refractivity contribution in [1.82, 2.24) is 20.1 Å². The molecule has 31 heavy (non-hydrogen) atoms. The third-order valence-electron chi connectivity index (χ3n) is 4.70. The van der Waals surface area contributed by atoms with Gasteiger partial charge < -0.3 is 5.32 Å². The number of rotatable bonds is 5. The van der Waals surface area contributed by atoms with Gasteiger partial charge in [0.05, 0.1) is 34.0 Å². The molecule has 0 saturated heterocycles. The molecule has 2 heterocycles. The minimum atomic E-state index is -4.49. The molecule has 0 spiro atoms. The van der Waals surface area contributed by atoms with Crippen molar-refractivity contribution in [3.63, 3.8) is 0 Å². The van der Waals surface area contributed by atoms with E-state index in [0.29, 0.717) is 17.5 Å². The van der Waals surface area contributed by atoms with Crippen molar-refractivity contribution in [1.29, 1.82) is 0 Å². The number of carbonyl (C=O) groups excluding carboxylic acids is 1. The van der Waals surface area contributed by atoms with E-state index in [1.54, 1.807) is 26.0 Å². The molecule has 0 bridgehead atoms. The predicted molar refractivity (Wildman–Crippen MR) is 107 cm³/mol. The number of alkyl halides is 3. The molecule has 1 unspecified atom stereocenters. The smallest absolute Gasteiger partial charge is 0.345 e. The van der Waals surface area contributed by atoms with Gasteiger partial charge in [0.15, 0.2) is 15.7 Å². The highest BCUT2D eigenvalue weighted by Crippen LogP contribution is 2.29. The Morgan fingerprint density at radius 2 is 1.74 bits per heavy atom. The molecule has 1 aromatic carbocycles. The monoisotopic (exact) mass is 452 g/mol. The number of hydrogen-bond acceptors (Lipinski definition) is 5. The number of nitrogens with one attached hydrogen (secondary N) is 1. The first-order valence-corrected chi connectivity index (χ1v) is 11.0. The molecule has 11 heteroatoms. The highest BCUT2D eigenvalue weighted by molar-refractivity contribution is 7.90. The van der Waals surface area contributed by atoms with E-state index in [2.05, 4.69) is 15.4 Å². The number of nitrogens with zero attached hydrogens (tertiary/aromatic N) is 3. The Kier molecular flexibility index (Phi) is 5.90. The zero-order valence-corrected chi connectivity index (χ0v) is 17.6. The van der Waals surface area contributed by atoms with Gasteiger partial charge in [-0.1, -0.05) is 12.1 Å². The van der Waals surface area contributed by atoms with E-state index in [9.17, 15) is 26.4 Å². The van der Waals surface area contributed by atoms with Gasteiger partial charge in [-0.15, -0.1) is 0 Å². The third kappa shape index (κ3) is 4.93. The molecule has 0 aliphatic heterocycles. The van der Waals surface area contributed by atoms with Crippen LogP contribution in [-0.2, 0) is 16.0 Å².